The van der Waals surface area contributed by atoms with Gasteiger partial charge in [0.15, 0.2) is 16.8 Å². The third kappa shape index (κ3) is 7.46. The van der Waals surface area contributed by atoms with Crippen LogP contribution in [0.1, 0.15) is 71.7 Å². The normalized spacial score (nSPS) is 17.5. The zero-order valence-corrected chi connectivity index (χ0v) is 26.9. The smallest absolute Gasteiger partial charge is 0.287 e. The van der Waals surface area contributed by atoms with Crippen LogP contribution >= 0.6 is 34.8 Å². The predicted octanol–water partition coefficient (Wildman–Crippen LogP) is 8.50. The van der Waals surface area contributed by atoms with E-state index in [0.29, 0.717) is 35.3 Å². The standard InChI is InChI=1S/C36H33Cl3N2O4/c37-26-13-9-23(10-14-26)17-28(40-36(44)33-20-32(42)30-18-27(38)19-31(39)35(30)45-33)16-22-7-11-24(12-8-22)29-5-2-1-4-25(29)21-41-15-3-6-34(41)43/h1-2,4-5,9-10,13-14,16,18-20,24,28H,3,6-8,11-12,15,17,21H2,(H,40,44)/t24?,28-/m0/s1. The van der Waals surface area contributed by atoms with Crippen molar-refractivity contribution in [1.29, 1.82) is 0 Å². The van der Waals surface area contributed by atoms with Crippen LogP contribution in [0.5, 0.6) is 0 Å². The number of hydrogen-bond acceptors (Lipinski definition) is 4. The second kappa shape index (κ2) is 13.8. The number of carbonyl (C=O) groups excluding carboxylic acids is 2. The van der Waals surface area contributed by atoms with Crippen molar-refractivity contribution in [2.24, 2.45) is 0 Å². The fourth-order valence-electron chi connectivity index (χ4n) is 6.46. The van der Waals surface area contributed by atoms with Gasteiger partial charge in [-0.3, -0.25) is 14.4 Å². The van der Waals surface area contributed by atoms with Gasteiger partial charge in [-0.15, -0.1) is 0 Å². The highest BCUT2D eigenvalue weighted by Crippen LogP contribution is 2.38. The first-order chi connectivity index (χ1) is 21.7. The van der Waals surface area contributed by atoms with E-state index in [0.717, 1.165) is 44.2 Å². The minimum atomic E-state index is -0.505. The van der Waals surface area contributed by atoms with Gasteiger partial charge in [0, 0.05) is 35.6 Å². The molecule has 1 N–H and O–H groups in total. The fraction of sp³-hybridized carbons (Fsp3) is 0.306. The molecule has 0 spiro atoms. The Labute approximate surface area is 277 Å². The number of nitrogens with one attached hydrogen (secondary N) is 1. The van der Waals surface area contributed by atoms with Gasteiger partial charge in [-0.25, -0.2) is 0 Å². The number of halogens is 3. The number of hydrogen-bond donors (Lipinski definition) is 1. The number of allylic oxidation sites excluding steroid dienone is 1. The summed E-state index contributed by atoms with van der Waals surface area (Å²) in [5.41, 5.74) is 4.57. The van der Waals surface area contributed by atoms with E-state index in [1.54, 1.807) is 0 Å². The van der Waals surface area contributed by atoms with Crippen LogP contribution in [0.3, 0.4) is 0 Å². The summed E-state index contributed by atoms with van der Waals surface area (Å²) < 4.78 is 5.81. The van der Waals surface area contributed by atoms with Crippen LogP contribution in [-0.4, -0.2) is 29.3 Å². The number of benzene rings is 3. The summed E-state index contributed by atoms with van der Waals surface area (Å²) >= 11 is 18.5. The Balaban J connectivity index is 1.20. The maximum atomic E-state index is 13.5. The lowest BCUT2D eigenvalue weighted by Gasteiger charge is -2.28. The number of amides is 2. The van der Waals surface area contributed by atoms with E-state index in [1.807, 2.05) is 29.2 Å². The molecule has 232 valence electrons. The summed E-state index contributed by atoms with van der Waals surface area (Å²) in [5.74, 6) is 0.0244. The summed E-state index contributed by atoms with van der Waals surface area (Å²) in [6.45, 7) is 1.50. The van der Waals surface area contributed by atoms with Gasteiger partial charge >= 0.3 is 0 Å². The number of fused-ring (bicyclic) bond motifs is 1. The first kappa shape index (κ1) is 31.4. The second-order valence-electron chi connectivity index (χ2n) is 11.9. The van der Waals surface area contributed by atoms with Gasteiger partial charge < -0.3 is 14.6 Å². The van der Waals surface area contributed by atoms with Crippen molar-refractivity contribution in [3.8, 4) is 0 Å². The maximum absolute atomic E-state index is 13.5. The topological polar surface area (TPSA) is 79.6 Å². The monoisotopic (exact) mass is 662 g/mol. The van der Waals surface area contributed by atoms with Gasteiger partial charge in [0.05, 0.1) is 16.5 Å². The molecule has 2 fully saturated rings. The van der Waals surface area contributed by atoms with Crippen molar-refractivity contribution in [3.05, 3.63) is 126 Å². The van der Waals surface area contributed by atoms with Crippen LogP contribution in [0.2, 0.25) is 15.1 Å². The minimum Gasteiger partial charge on any atom is -0.449 e. The molecule has 1 atom stereocenters. The van der Waals surface area contributed by atoms with Gasteiger partial charge in [0.2, 0.25) is 5.91 Å². The lowest BCUT2D eigenvalue weighted by Crippen LogP contribution is -2.36. The second-order valence-corrected chi connectivity index (χ2v) is 13.1. The third-order valence-corrected chi connectivity index (χ3v) is 9.50. The van der Waals surface area contributed by atoms with E-state index in [1.165, 1.54) is 34.9 Å². The van der Waals surface area contributed by atoms with Crippen LogP contribution in [0.4, 0.5) is 0 Å². The molecule has 1 aliphatic carbocycles. The summed E-state index contributed by atoms with van der Waals surface area (Å²) in [6, 6.07) is 19.8. The molecule has 1 aliphatic heterocycles. The van der Waals surface area contributed by atoms with Crippen LogP contribution < -0.4 is 10.7 Å². The van der Waals surface area contributed by atoms with E-state index >= 15 is 0 Å². The van der Waals surface area contributed by atoms with Crippen molar-refractivity contribution in [2.45, 2.75) is 63.5 Å². The van der Waals surface area contributed by atoms with Crippen LogP contribution in [-0.2, 0) is 17.8 Å². The highest BCUT2D eigenvalue weighted by Gasteiger charge is 2.25. The Morgan fingerprint density at radius 3 is 2.44 bits per heavy atom. The Hall–Kier alpha value is -3.58. The van der Waals surface area contributed by atoms with E-state index in [9.17, 15) is 14.4 Å². The lowest BCUT2D eigenvalue weighted by atomic mass is 9.79. The van der Waals surface area contributed by atoms with Crippen molar-refractivity contribution in [3.63, 3.8) is 0 Å². The van der Waals surface area contributed by atoms with E-state index in [4.69, 9.17) is 39.2 Å². The fourth-order valence-corrected chi connectivity index (χ4v) is 7.12. The number of likely N-dealkylation sites (tertiary alicyclic amines) is 1. The maximum Gasteiger partial charge on any atom is 0.287 e. The molecule has 6 nitrogen and oxygen atoms in total. The average molecular weight is 664 g/mol. The lowest BCUT2D eigenvalue weighted by molar-refractivity contribution is -0.128. The average Bonchev–Trinajstić information content (AvgIpc) is 3.43. The molecule has 0 unspecified atom stereocenters. The summed E-state index contributed by atoms with van der Waals surface area (Å²) in [5, 5.41) is 4.40. The largest absolute Gasteiger partial charge is 0.449 e. The molecule has 2 aliphatic rings. The Morgan fingerprint density at radius 1 is 0.956 bits per heavy atom. The van der Waals surface area contributed by atoms with Crippen molar-refractivity contribution >= 4 is 57.6 Å². The molecule has 45 heavy (non-hydrogen) atoms. The molecule has 1 saturated carbocycles. The van der Waals surface area contributed by atoms with Crippen molar-refractivity contribution in [1.82, 2.24) is 10.2 Å². The molecule has 0 radical (unpaired) electrons. The van der Waals surface area contributed by atoms with E-state index in [2.05, 4.69) is 35.7 Å². The van der Waals surface area contributed by atoms with E-state index < -0.39 is 11.3 Å². The first-order valence-corrected chi connectivity index (χ1v) is 16.4. The minimum absolute atomic E-state index is 0.118. The summed E-state index contributed by atoms with van der Waals surface area (Å²) in [6.07, 6.45) is 8.02. The van der Waals surface area contributed by atoms with Crippen LogP contribution in [0.25, 0.3) is 11.0 Å². The van der Waals surface area contributed by atoms with Gasteiger partial charge in [-0.1, -0.05) is 82.9 Å². The molecule has 1 saturated heterocycles. The molecule has 6 rings (SSSR count). The Morgan fingerprint density at radius 2 is 1.71 bits per heavy atom. The predicted molar refractivity (Wildman–Crippen MR) is 179 cm³/mol. The molecule has 1 aromatic heterocycles. The molecule has 0 bridgehead atoms. The molecule has 3 aromatic carbocycles. The highest BCUT2D eigenvalue weighted by atomic mass is 35.5. The number of carbonyl (C=O) groups is 2. The zero-order valence-electron chi connectivity index (χ0n) is 24.7. The quantitative estimate of drug-likeness (QED) is 0.192. The van der Waals surface area contributed by atoms with Crippen LogP contribution in [0.15, 0.2) is 87.6 Å². The molecular formula is C36H33Cl3N2O4. The third-order valence-electron chi connectivity index (χ3n) is 8.75. The Kier molecular flexibility index (Phi) is 9.64. The van der Waals surface area contributed by atoms with Crippen molar-refractivity contribution < 1.29 is 14.0 Å². The highest BCUT2D eigenvalue weighted by molar-refractivity contribution is 6.38. The van der Waals surface area contributed by atoms with Crippen LogP contribution in [0, 0.1) is 0 Å². The molecule has 4 aromatic rings. The van der Waals surface area contributed by atoms with E-state index in [-0.39, 0.29) is 33.7 Å². The summed E-state index contributed by atoms with van der Waals surface area (Å²) in [7, 11) is 0. The number of rotatable bonds is 8. The van der Waals surface area contributed by atoms with Gasteiger partial charge in [-0.05, 0) is 85.4 Å². The first-order valence-electron chi connectivity index (χ1n) is 15.3. The number of nitrogens with zero attached hydrogens (tertiary/aromatic N) is 1. The van der Waals surface area contributed by atoms with Crippen molar-refractivity contribution in [2.75, 3.05) is 6.54 Å². The molecule has 2 heterocycles. The SMILES string of the molecule is O=C(N[C@@H](C=C1CCC(c2ccccc2CN2CCCC2=O)CC1)Cc1ccc(Cl)cc1)c1cc(=O)c2cc(Cl)cc(Cl)c2o1. The van der Waals surface area contributed by atoms with Gasteiger partial charge in [-0.2, -0.15) is 0 Å². The van der Waals surface area contributed by atoms with Gasteiger partial charge in [0.1, 0.15) is 0 Å². The Bertz CT molecular complexity index is 1820. The molecular weight excluding hydrogens is 631 g/mol. The molecule has 2 amide bonds. The molecule has 9 heteroatoms. The zero-order chi connectivity index (χ0) is 31.5. The van der Waals surface area contributed by atoms with Gasteiger partial charge in [0.25, 0.3) is 5.91 Å². The summed E-state index contributed by atoms with van der Waals surface area (Å²) in [4.78, 5) is 40.5.